The lowest BCUT2D eigenvalue weighted by atomic mass is 10.1. The van der Waals surface area contributed by atoms with E-state index in [0.717, 1.165) is 32.4 Å². The number of carbonyl (C=O) groups is 1. The number of rotatable bonds is 6. The van der Waals surface area contributed by atoms with E-state index in [1.807, 2.05) is 0 Å². The Hall–Kier alpha value is -1.54. The fourth-order valence-electron chi connectivity index (χ4n) is 1.82. The molecule has 1 saturated heterocycles. The molecule has 8 nitrogen and oxygen atoms in total. The first-order valence-corrected chi connectivity index (χ1v) is 6.20. The Balaban J connectivity index is 1.52. The zero-order valence-electron chi connectivity index (χ0n) is 10.2. The van der Waals surface area contributed by atoms with Gasteiger partial charge in [-0.25, -0.2) is 0 Å². The molecule has 2 heterocycles. The number of aromatic amines is 1. The summed E-state index contributed by atoms with van der Waals surface area (Å²) >= 11 is 0. The first-order chi connectivity index (χ1) is 8.86. The van der Waals surface area contributed by atoms with Gasteiger partial charge < -0.3 is 15.4 Å². The van der Waals surface area contributed by atoms with Crippen molar-refractivity contribution in [2.45, 2.75) is 25.4 Å². The molecule has 1 aromatic heterocycles. The highest BCUT2D eigenvalue weighted by molar-refractivity contribution is 5.89. The molecule has 8 heteroatoms. The van der Waals surface area contributed by atoms with E-state index in [1.165, 1.54) is 0 Å². The molecule has 1 aliphatic rings. The summed E-state index contributed by atoms with van der Waals surface area (Å²) in [6.45, 7) is 3.27. The molecule has 0 saturated carbocycles. The van der Waals surface area contributed by atoms with Gasteiger partial charge in [-0.15, -0.1) is 10.2 Å². The van der Waals surface area contributed by atoms with Gasteiger partial charge in [-0.2, -0.15) is 5.21 Å². The van der Waals surface area contributed by atoms with Crippen LogP contribution >= 0.6 is 0 Å². The lowest BCUT2D eigenvalue weighted by Crippen LogP contribution is -2.33. The number of ether oxygens (including phenoxy) is 1. The van der Waals surface area contributed by atoms with Crippen molar-refractivity contribution in [3.63, 3.8) is 0 Å². The maximum absolute atomic E-state index is 11.4. The Morgan fingerprint density at radius 2 is 2.28 bits per heavy atom. The minimum absolute atomic E-state index is 0.0641. The van der Waals surface area contributed by atoms with Crippen LogP contribution in [0.15, 0.2) is 0 Å². The summed E-state index contributed by atoms with van der Waals surface area (Å²) in [6.07, 6.45) is 3.27. The second kappa shape index (κ2) is 7.02. The van der Waals surface area contributed by atoms with Crippen molar-refractivity contribution >= 4 is 5.91 Å². The van der Waals surface area contributed by atoms with Gasteiger partial charge in [-0.05, 0) is 37.6 Å². The number of H-pyrrole nitrogens is 1. The van der Waals surface area contributed by atoms with E-state index in [4.69, 9.17) is 4.74 Å². The second-order valence-corrected chi connectivity index (χ2v) is 4.17. The number of hydrogen-bond donors (Lipinski definition) is 3. The number of piperidine rings is 1. The van der Waals surface area contributed by atoms with Crippen molar-refractivity contribution in [2.24, 2.45) is 0 Å². The number of nitrogens with zero attached hydrogens (tertiary/aromatic N) is 3. The third-order valence-corrected chi connectivity index (χ3v) is 2.79. The van der Waals surface area contributed by atoms with Gasteiger partial charge in [0.05, 0.1) is 6.10 Å². The summed E-state index contributed by atoms with van der Waals surface area (Å²) in [7, 11) is 0. The van der Waals surface area contributed by atoms with Crippen LogP contribution in [0, 0.1) is 0 Å². The summed E-state index contributed by atoms with van der Waals surface area (Å²) in [5.74, 6) is -0.250. The number of nitrogens with one attached hydrogen (secondary N) is 3. The van der Waals surface area contributed by atoms with E-state index >= 15 is 0 Å². The predicted molar refractivity (Wildman–Crippen MR) is 63.0 cm³/mol. The van der Waals surface area contributed by atoms with E-state index in [0.29, 0.717) is 19.3 Å². The first-order valence-electron chi connectivity index (χ1n) is 6.20. The quantitative estimate of drug-likeness (QED) is 0.568. The SMILES string of the molecule is O=C(NCCCOC1CCNCC1)c1nn[nH]n1. The monoisotopic (exact) mass is 254 g/mol. The molecule has 0 aromatic carbocycles. The van der Waals surface area contributed by atoms with Crippen LogP contribution in [0.3, 0.4) is 0 Å². The average molecular weight is 254 g/mol. The molecule has 1 amide bonds. The number of aromatic nitrogens is 4. The van der Waals surface area contributed by atoms with Gasteiger partial charge >= 0.3 is 0 Å². The van der Waals surface area contributed by atoms with Crippen LogP contribution in [0.2, 0.25) is 0 Å². The molecule has 0 radical (unpaired) electrons. The van der Waals surface area contributed by atoms with E-state index in [-0.39, 0.29) is 11.7 Å². The normalized spacial score (nSPS) is 16.7. The van der Waals surface area contributed by atoms with Gasteiger partial charge in [-0.3, -0.25) is 4.79 Å². The topological polar surface area (TPSA) is 105 Å². The number of hydrogen-bond acceptors (Lipinski definition) is 6. The van der Waals surface area contributed by atoms with Crippen LogP contribution in [-0.4, -0.2) is 58.9 Å². The summed E-state index contributed by atoms with van der Waals surface area (Å²) in [4.78, 5) is 11.4. The molecular formula is C10H18N6O2. The molecular weight excluding hydrogens is 236 g/mol. The van der Waals surface area contributed by atoms with Crippen LogP contribution < -0.4 is 10.6 Å². The second-order valence-electron chi connectivity index (χ2n) is 4.17. The average Bonchev–Trinajstić information content (AvgIpc) is 2.93. The molecule has 0 spiro atoms. The largest absolute Gasteiger partial charge is 0.378 e. The Kier molecular flexibility index (Phi) is 5.03. The highest BCUT2D eigenvalue weighted by Crippen LogP contribution is 2.06. The number of amides is 1. The maximum Gasteiger partial charge on any atom is 0.292 e. The van der Waals surface area contributed by atoms with Crippen LogP contribution in [-0.2, 0) is 4.74 Å². The molecule has 0 unspecified atom stereocenters. The lowest BCUT2D eigenvalue weighted by molar-refractivity contribution is 0.0317. The van der Waals surface area contributed by atoms with E-state index < -0.39 is 0 Å². The fraction of sp³-hybridized carbons (Fsp3) is 0.800. The summed E-state index contributed by atoms with van der Waals surface area (Å²) in [6, 6.07) is 0. The minimum Gasteiger partial charge on any atom is -0.378 e. The zero-order chi connectivity index (χ0) is 12.6. The van der Waals surface area contributed by atoms with E-state index in [1.54, 1.807) is 0 Å². The van der Waals surface area contributed by atoms with E-state index in [9.17, 15) is 4.79 Å². The molecule has 2 rings (SSSR count). The number of tetrazole rings is 1. The van der Waals surface area contributed by atoms with Crippen molar-refractivity contribution < 1.29 is 9.53 Å². The third kappa shape index (κ3) is 4.04. The lowest BCUT2D eigenvalue weighted by Gasteiger charge is -2.22. The van der Waals surface area contributed by atoms with Crippen LogP contribution in [0.5, 0.6) is 0 Å². The molecule has 100 valence electrons. The maximum atomic E-state index is 11.4. The van der Waals surface area contributed by atoms with Crippen LogP contribution in [0.4, 0.5) is 0 Å². The molecule has 1 aromatic rings. The Bertz CT molecular complexity index is 349. The summed E-state index contributed by atoms with van der Waals surface area (Å²) < 4.78 is 5.71. The summed E-state index contributed by atoms with van der Waals surface area (Å²) in [5, 5.41) is 18.7. The molecule has 0 bridgehead atoms. The molecule has 18 heavy (non-hydrogen) atoms. The smallest absolute Gasteiger partial charge is 0.292 e. The predicted octanol–water partition coefficient (Wildman–Crippen LogP) is -0.912. The van der Waals surface area contributed by atoms with Gasteiger partial charge in [0.1, 0.15) is 0 Å². The van der Waals surface area contributed by atoms with Gasteiger partial charge in [0.25, 0.3) is 11.7 Å². The number of carbonyl (C=O) groups excluding carboxylic acids is 1. The van der Waals surface area contributed by atoms with Gasteiger partial charge in [-0.1, -0.05) is 0 Å². The van der Waals surface area contributed by atoms with E-state index in [2.05, 4.69) is 31.3 Å². The highest BCUT2D eigenvalue weighted by atomic mass is 16.5. The zero-order valence-corrected chi connectivity index (χ0v) is 10.2. The standard InChI is InChI=1S/C10H18N6O2/c17-10(9-13-15-16-14-9)12-4-1-7-18-8-2-5-11-6-3-8/h8,11H,1-7H2,(H,12,17)(H,13,14,15,16). The van der Waals surface area contributed by atoms with Crippen LogP contribution in [0.25, 0.3) is 0 Å². The molecule has 0 atom stereocenters. The van der Waals surface area contributed by atoms with Crippen molar-refractivity contribution in [2.75, 3.05) is 26.2 Å². The van der Waals surface area contributed by atoms with Crippen molar-refractivity contribution in [1.82, 2.24) is 31.3 Å². The van der Waals surface area contributed by atoms with Gasteiger partial charge in [0, 0.05) is 13.2 Å². The van der Waals surface area contributed by atoms with Crippen molar-refractivity contribution in [3.05, 3.63) is 5.82 Å². The van der Waals surface area contributed by atoms with Crippen molar-refractivity contribution in [3.8, 4) is 0 Å². The molecule has 3 N–H and O–H groups in total. The van der Waals surface area contributed by atoms with Crippen LogP contribution in [0.1, 0.15) is 29.9 Å². The summed E-state index contributed by atoms with van der Waals surface area (Å²) in [5.41, 5.74) is 0. The Labute approximate surface area is 105 Å². The molecule has 0 aliphatic carbocycles. The minimum atomic E-state index is -0.314. The van der Waals surface area contributed by atoms with Crippen molar-refractivity contribution in [1.29, 1.82) is 0 Å². The first kappa shape index (κ1) is 12.9. The molecule has 1 aliphatic heterocycles. The van der Waals surface area contributed by atoms with Gasteiger partial charge in [0.15, 0.2) is 0 Å². The Morgan fingerprint density at radius 1 is 1.44 bits per heavy atom. The van der Waals surface area contributed by atoms with Gasteiger partial charge in [0.2, 0.25) is 0 Å². The highest BCUT2D eigenvalue weighted by Gasteiger charge is 2.13. The third-order valence-electron chi connectivity index (χ3n) is 2.79. The Morgan fingerprint density at radius 3 is 3.00 bits per heavy atom. The molecule has 1 fully saturated rings. The fourth-order valence-corrected chi connectivity index (χ4v) is 1.82.